The van der Waals surface area contributed by atoms with Crippen LogP contribution in [0.4, 0.5) is 5.82 Å². The van der Waals surface area contributed by atoms with E-state index in [9.17, 15) is 0 Å². The van der Waals surface area contributed by atoms with Crippen molar-refractivity contribution in [3.63, 3.8) is 0 Å². The van der Waals surface area contributed by atoms with Gasteiger partial charge in [-0.25, -0.2) is 9.97 Å². The number of hydrogen-bond acceptors (Lipinski definition) is 4. The van der Waals surface area contributed by atoms with Crippen molar-refractivity contribution in [2.75, 3.05) is 18.5 Å². The Labute approximate surface area is 171 Å². The van der Waals surface area contributed by atoms with Gasteiger partial charge in [0.05, 0.1) is 12.1 Å². The first-order valence-corrected chi connectivity index (χ1v) is 10.1. The van der Waals surface area contributed by atoms with E-state index in [4.69, 9.17) is 14.7 Å². The van der Waals surface area contributed by atoms with Crippen LogP contribution < -0.4 is 10.1 Å². The van der Waals surface area contributed by atoms with Crippen molar-refractivity contribution in [2.24, 2.45) is 0 Å². The van der Waals surface area contributed by atoms with Gasteiger partial charge >= 0.3 is 0 Å². The molecular weight excluding hydrogens is 358 g/mol. The number of fused-ring (bicyclic) bond motifs is 1. The third kappa shape index (κ3) is 4.72. The maximum absolute atomic E-state index is 5.54. The molecule has 1 N–H and O–H groups in total. The summed E-state index contributed by atoms with van der Waals surface area (Å²) in [7, 11) is 0. The number of anilines is 1. The topological polar surface area (TPSA) is 47.0 Å². The Morgan fingerprint density at radius 3 is 2.38 bits per heavy atom. The normalized spacial score (nSPS) is 10.8. The summed E-state index contributed by atoms with van der Waals surface area (Å²) in [6, 6.07) is 26.6. The maximum atomic E-state index is 5.54. The van der Waals surface area contributed by atoms with Crippen molar-refractivity contribution < 1.29 is 4.74 Å². The van der Waals surface area contributed by atoms with Crippen LogP contribution >= 0.6 is 0 Å². The molecule has 146 valence electrons. The van der Waals surface area contributed by atoms with E-state index in [0.717, 1.165) is 53.2 Å². The molecule has 0 radical (unpaired) electrons. The lowest BCUT2D eigenvalue weighted by atomic mass is 10.1. The highest BCUT2D eigenvalue weighted by molar-refractivity contribution is 5.90. The van der Waals surface area contributed by atoms with Gasteiger partial charge < -0.3 is 10.1 Å². The number of nitrogens with zero attached hydrogens (tertiary/aromatic N) is 2. The maximum Gasteiger partial charge on any atom is 0.162 e. The Balaban J connectivity index is 1.54. The first-order valence-electron chi connectivity index (χ1n) is 10.1. The van der Waals surface area contributed by atoms with Gasteiger partial charge in [0, 0.05) is 17.5 Å². The number of nitrogens with one attached hydrogen (secondary N) is 1. The SMILES string of the molecule is CCOc1ccc(-c2nc(NCCCc3ccccc3)c3ccccc3n2)cc1. The predicted molar refractivity (Wildman–Crippen MR) is 119 cm³/mol. The van der Waals surface area contributed by atoms with E-state index in [1.165, 1.54) is 5.56 Å². The first kappa shape index (κ1) is 18.9. The predicted octanol–water partition coefficient (Wildman–Crippen LogP) is 5.74. The van der Waals surface area contributed by atoms with Gasteiger partial charge in [0.1, 0.15) is 11.6 Å². The molecule has 0 atom stereocenters. The van der Waals surface area contributed by atoms with Crippen LogP contribution in [-0.4, -0.2) is 23.1 Å². The molecule has 0 saturated carbocycles. The monoisotopic (exact) mass is 383 g/mol. The second-order valence-corrected chi connectivity index (χ2v) is 6.89. The van der Waals surface area contributed by atoms with E-state index >= 15 is 0 Å². The van der Waals surface area contributed by atoms with Crippen LogP contribution in [0.1, 0.15) is 18.9 Å². The summed E-state index contributed by atoms with van der Waals surface area (Å²) in [4.78, 5) is 9.59. The third-order valence-electron chi connectivity index (χ3n) is 4.80. The Morgan fingerprint density at radius 2 is 1.59 bits per heavy atom. The first-order chi connectivity index (χ1) is 14.3. The fraction of sp³-hybridized carbons (Fsp3) is 0.200. The molecule has 4 rings (SSSR count). The standard InChI is InChI=1S/C25H25N3O/c1-2-29-21-16-14-20(15-17-21)24-27-23-13-7-6-12-22(23)25(28-24)26-18-8-11-19-9-4-3-5-10-19/h3-7,9-10,12-17H,2,8,11,18H2,1H3,(H,26,27,28). The van der Waals surface area contributed by atoms with Crippen molar-refractivity contribution >= 4 is 16.7 Å². The highest BCUT2D eigenvalue weighted by Crippen LogP contribution is 2.26. The summed E-state index contributed by atoms with van der Waals surface area (Å²) < 4.78 is 5.54. The Kier molecular flexibility index (Phi) is 6.01. The summed E-state index contributed by atoms with van der Waals surface area (Å²) in [5.74, 6) is 2.46. The Hall–Kier alpha value is -3.40. The largest absolute Gasteiger partial charge is 0.494 e. The molecular formula is C25H25N3O. The van der Waals surface area contributed by atoms with Crippen molar-refractivity contribution in [1.82, 2.24) is 9.97 Å². The quantitative estimate of drug-likeness (QED) is 0.394. The van der Waals surface area contributed by atoms with E-state index in [1.54, 1.807) is 0 Å². The van der Waals surface area contributed by atoms with Gasteiger partial charge in [0.2, 0.25) is 0 Å². The van der Waals surface area contributed by atoms with Crippen molar-refractivity contribution in [3.05, 3.63) is 84.4 Å². The van der Waals surface area contributed by atoms with Gasteiger partial charge in [0.15, 0.2) is 5.82 Å². The van der Waals surface area contributed by atoms with Crippen LogP contribution in [0.15, 0.2) is 78.9 Å². The molecule has 0 amide bonds. The zero-order valence-electron chi connectivity index (χ0n) is 16.6. The smallest absolute Gasteiger partial charge is 0.162 e. The number of ether oxygens (including phenoxy) is 1. The summed E-state index contributed by atoms with van der Waals surface area (Å²) in [6.45, 7) is 3.50. The second-order valence-electron chi connectivity index (χ2n) is 6.89. The van der Waals surface area contributed by atoms with Gasteiger partial charge in [-0.2, -0.15) is 0 Å². The highest BCUT2D eigenvalue weighted by atomic mass is 16.5. The van der Waals surface area contributed by atoms with Crippen LogP contribution in [0.5, 0.6) is 5.75 Å². The molecule has 29 heavy (non-hydrogen) atoms. The summed E-state index contributed by atoms with van der Waals surface area (Å²) in [5, 5.41) is 4.57. The van der Waals surface area contributed by atoms with E-state index in [0.29, 0.717) is 6.61 Å². The molecule has 0 bridgehead atoms. The number of benzene rings is 3. The number of hydrogen-bond donors (Lipinski definition) is 1. The van der Waals surface area contributed by atoms with E-state index in [2.05, 4.69) is 41.7 Å². The average Bonchev–Trinajstić information content (AvgIpc) is 2.78. The van der Waals surface area contributed by atoms with Gasteiger partial charge in [-0.15, -0.1) is 0 Å². The van der Waals surface area contributed by atoms with Crippen LogP contribution in [0, 0.1) is 0 Å². The Bertz CT molecular complexity index is 1060. The third-order valence-corrected chi connectivity index (χ3v) is 4.80. The molecule has 0 unspecified atom stereocenters. The number of aryl methyl sites for hydroxylation is 1. The minimum atomic E-state index is 0.656. The number of aromatic nitrogens is 2. The van der Waals surface area contributed by atoms with Crippen molar-refractivity contribution in [2.45, 2.75) is 19.8 Å². The Morgan fingerprint density at radius 1 is 0.828 bits per heavy atom. The lowest BCUT2D eigenvalue weighted by Crippen LogP contribution is -2.06. The molecule has 1 heterocycles. The van der Waals surface area contributed by atoms with Crippen LogP contribution in [0.25, 0.3) is 22.3 Å². The molecule has 4 aromatic rings. The molecule has 4 nitrogen and oxygen atoms in total. The second kappa shape index (κ2) is 9.20. The molecule has 1 aromatic heterocycles. The van der Waals surface area contributed by atoms with Gasteiger partial charge in [0.25, 0.3) is 0 Å². The molecule has 0 aliphatic carbocycles. The fourth-order valence-electron chi connectivity index (χ4n) is 3.35. The molecule has 0 aliphatic heterocycles. The molecule has 0 saturated heterocycles. The van der Waals surface area contributed by atoms with E-state index < -0.39 is 0 Å². The zero-order chi connectivity index (χ0) is 19.9. The lowest BCUT2D eigenvalue weighted by molar-refractivity contribution is 0.340. The van der Waals surface area contributed by atoms with Gasteiger partial charge in [-0.1, -0.05) is 42.5 Å². The summed E-state index contributed by atoms with van der Waals surface area (Å²) in [6.07, 6.45) is 2.09. The minimum absolute atomic E-state index is 0.656. The van der Waals surface area contributed by atoms with E-state index in [1.807, 2.05) is 49.4 Å². The highest BCUT2D eigenvalue weighted by Gasteiger charge is 2.09. The summed E-state index contributed by atoms with van der Waals surface area (Å²) in [5.41, 5.74) is 3.28. The van der Waals surface area contributed by atoms with Gasteiger partial charge in [-0.05, 0) is 61.7 Å². The van der Waals surface area contributed by atoms with Crippen molar-refractivity contribution in [1.29, 1.82) is 0 Å². The molecule has 0 fully saturated rings. The van der Waals surface area contributed by atoms with E-state index in [-0.39, 0.29) is 0 Å². The molecule has 0 spiro atoms. The molecule has 4 heteroatoms. The number of rotatable bonds is 8. The zero-order valence-corrected chi connectivity index (χ0v) is 16.6. The summed E-state index contributed by atoms with van der Waals surface area (Å²) >= 11 is 0. The van der Waals surface area contributed by atoms with Gasteiger partial charge in [-0.3, -0.25) is 0 Å². The lowest BCUT2D eigenvalue weighted by Gasteiger charge is -2.11. The average molecular weight is 383 g/mol. The fourth-order valence-corrected chi connectivity index (χ4v) is 3.35. The van der Waals surface area contributed by atoms with Crippen LogP contribution in [0.3, 0.4) is 0 Å². The molecule has 3 aromatic carbocycles. The van der Waals surface area contributed by atoms with Crippen molar-refractivity contribution in [3.8, 4) is 17.1 Å². The van der Waals surface area contributed by atoms with Crippen LogP contribution in [-0.2, 0) is 6.42 Å². The number of para-hydroxylation sites is 1. The van der Waals surface area contributed by atoms with Crippen LogP contribution in [0.2, 0.25) is 0 Å². The minimum Gasteiger partial charge on any atom is -0.494 e. The molecule has 0 aliphatic rings.